The molecule has 0 fully saturated rings. The summed E-state index contributed by atoms with van der Waals surface area (Å²) in [5, 5.41) is 9.37. The van der Waals surface area contributed by atoms with Crippen LogP contribution in [0, 0.1) is 5.92 Å². The summed E-state index contributed by atoms with van der Waals surface area (Å²) in [6, 6.07) is 11.4. The van der Waals surface area contributed by atoms with Crippen molar-refractivity contribution in [3.05, 3.63) is 59.9 Å². The minimum atomic E-state index is -0.755. The van der Waals surface area contributed by atoms with Crippen LogP contribution in [0.15, 0.2) is 48.8 Å². The zero-order valence-corrected chi connectivity index (χ0v) is 12.0. The average Bonchev–Trinajstić information content (AvgIpc) is 2.52. The molecular formula is C17H19NO3. The second kappa shape index (κ2) is 7.43. The Morgan fingerprint density at radius 3 is 2.57 bits per heavy atom. The van der Waals surface area contributed by atoms with Gasteiger partial charge in [-0.3, -0.25) is 9.78 Å². The number of aryl methyl sites for hydroxylation is 1. The summed E-state index contributed by atoms with van der Waals surface area (Å²) in [6.45, 7) is 0. The summed E-state index contributed by atoms with van der Waals surface area (Å²) >= 11 is 0. The van der Waals surface area contributed by atoms with Gasteiger partial charge in [0.2, 0.25) is 0 Å². The molecule has 0 bridgehead atoms. The first-order valence-electron chi connectivity index (χ1n) is 6.93. The van der Waals surface area contributed by atoms with E-state index in [2.05, 4.69) is 4.98 Å². The van der Waals surface area contributed by atoms with E-state index in [0.717, 1.165) is 23.3 Å². The molecule has 2 aromatic rings. The van der Waals surface area contributed by atoms with Crippen molar-refractivity contribution in [1.82, 2.24) is 4.98 Å². The molecule has 0 spiro atoms. The van der Waals surface area contributed by atoms with Crippen LogP contribution in [0.5, 0.6) is 5.75 Å². The van der Waals surface area contributed by atoms with Crippen molar-refractivity contribution in [1.29, 1.82) is 0 Å². The topological polar surface area (TPSA) is 59.4 Å². The van der Waals surface area contributed by atoms with Crippen LogP contribution in [0.4, 0.5) is 0 Å². The summed E-state index contributed by atoms with van der Waals surface area (Å²) in [7, 11) is 1.61. The molecule has 1 N–H and O–H groups in total. The van der Waals surface area contributed by atoms with Gasteiger partial charge in [0.15, 0.2) is 0 Å². The Hall–Kier alpha value is -2.36. The number of carboxylic acid groups (broad SMARTS) is 1. The number of methoxy groups -OCH3 is 1. The lowest BCUT2D eigenvalue weighted by atomic mass is 9.93. The quantitative estimate of drug-likeness (QED) is 0.849. The predicted octanol–water partition coefficient (Wildman–Crippen LogP) is 2.97. The highest BCUT2D eigenvalue weighted by Crippen LogP contribution is 2.18. The highest BCUT2D eigenvalue weighted by molar-refractivity contribution is 5.70. The van der Waals surface area contributed by atoms with E-state index in [-0.39, 0.29) is 0 Å². The molecule has 1 aromatic carbocycles. The second-order valence-corrected chi connectivity index (χ2v) is 4.99. The zero-order valence-electron chi connectivity index (χ0n) is 12.0. The number of ether oxygens (including phenoxy) is 1. The SMILES string of the molecule is COc1ccc(CC(CCc2cccnc2)C(=O)O)cc1. The van der Waals surface area contributed by atoms with Crippen molar-refractivity contribution >= 4 is 5.97 Å². The molecule has 0 aliphatic rings. The monoisotopic (exact) mass is 285 g/mol. The molecule has 0 aliphatic carbocycles. The summed E-state index contributed by atoms with van der Waals surface area (Å²) in [6.07, 6.45) is 5.36. The maximum atomic E-state index is 11.4. The van der Waals surface area contributed by atoms with E-state index in [1.54, 1.807) is 19.5 Å². The molecule has 0 radical (unpaired) electrons. The van der Waals surface area contributed by atoms with Crippen molar-refractivity contribution in [2.75, 3.05) is 7.11 Å². The van der Waals surface area contributed by atoms with E-state index in [9.17, 15) is 9.90 Å². The molecule has 0 saturated carbocycles. The van der Waals surface area contributed by atoms with Gasteiger partial charge in [0.1, 0.15) is 5.75 Å². The lowest BCUT2D eigenvalue weighted by Gasteiger charge is -2.12. The third-order valence-corrected chi connectivity index (χ3v) is 3.49. The molecule has 4 nitrogen and oxygen atoms in total. The van der Waals surface area contributed by atoms with E-state index < -0.39 is 11.9 Å². The fourth-order valence-corrected chi connectivity index (χ4v) is 2.25. The van der Waals surface area contributed by atoms with Crippen LogP contribution >= 0.6 is 0 Å². The number of carbonyl (C=O) groups is 1. The minimum absolute atomic E-state index is 0.390. The number of aromatic nitrogens is 1. The minimum Gasteiger partial charge on any atom is -0.497 e. The highest BCUT2D eigenvalue weighted by atomic mass is 16.5. The van der Waals surface area contributed by atoms with Crippen LogP contribution in [0.2, 0.25) is 0 Å². The number of nitrogens with zero attached hydrogens (tertiary/aromatic N) is 1. The van der Waals surface area contributed by atoms with E-state index in [4.69, 9.17) is 4.74 Å². The van der Waals surface area contributed by atoms with E-state index in [0.29, 0.717) is 12.8 Å². The van der Waals surface area contributed by atoms with E-state index in [1.807, 2.05) is 36.4 Å². The Balaban J connectivity index is 1.96. The van der Waals surface area contributed by atoms with Crippen LogP contribution < -0.4 is 4.74 Å². The Labute approximate surface area is 124 Å². The lowest BCUT2D eigenvalue weighted by Crippen LogP contribution is -2.17. The number of carboxylic acids is 1. The fraction of sp³-hybridized carbons (Fsp3) is 0.294. The molecule has 0 amide bonds. The predicted molar refractivity (Wildman–Crippen MR) is 80.4 cm³/mol. The number of pyridine rings is 1. The van der Waals surface area contributed by atoms with Gasteiger partial charge in [-0.25, -0.2) is 0 Å². The highest BCUT2D eigenvalue weighted by Gasteiger charge is 2.18. The van der Waals surface area contributed by atoms with Gasteiger partial charge in [0.05, 0.1) is 13.0 Å². The number of benzene rings is 1. The van der Waals surface area contributed by atoms with Crippen LogP contribution in [-0.4, -0.2) is 23.2 Å². The molecule has 21 heavy (non-hydrogen) atoms. The Bertz CT molecular complexity index is 566. The maximum Gasteiger partial charge on any atom is 0.306 e. The summed E-state index contributed by atoms with van der Waals surface area (Å²) < 4.78 is 5.10. The molecule has 1 aromatic heterocycles. The van der Waals surface area contributed by atoms with Crippen LogP contribution in [0.3, 0.4) is 0 Å². The Kier molecular flexibility index (Phi) is 5.32. The average molecular weight is 285 g/mol. The van der Waals surface area contributed by atoms with Gasteiger partial charge in [0.25, 0.3) is 0 Å². The number of rotatable bonds is 7. The van der Waals surface area contributed by atoms with Crippen molar-refractivity contribution in [2.45, 2.75) is 19.3 Å². The summed E-state index contributed by atoms with van der Waals surface area (Å²) in [5.41, 5.74) is 2.08. The van der Waals surface area contributed by atoms with Gasteiger partial charge in [-0.2, -0.15) is 0 Å². The molecule has 1 heterocycles. The van der Waals surface area contributed by atoms with Gasteiger partial charge < -0.3 is 9.84 Å². The standard InChI is InChI=1S/C17H19NO3/c1-21-16-8-5-13(6-9-16)11-15(17(19)20)7-4-14-3-2-10-18-12-14/h2-3,5-6,8-10,12,15H,4,7,11H2,1H3,(H,19,20). The van der Waals surface area contributed by atoms with Gasteiger partial charge in [-0.05, 0) is 48.6 Å². The maximum absolute atomic E-state index is 11.4. The van der Waals surface area contributed by atoms with E-state index >= 15 is 0 Å². The first-order chi connectivity index (χ1) is 10.2. The third kappa shape index (κ3) is 4.60. The number of hydrogen-bond donors (Lipinski definition) is 1. The van der Waals surface area contributed by atoms with Gasteiger partial charge in [-0.1, -0.05) is 18.2 Å². The van der Waals surface area contributed by atoms with Gasteiger partial charge in [0, 0.05) is 12.4 Å². The second-order valence-electron chi connectivity index (χ2n) is 4.99. The van der Waals surface area contributed by atoms with Crippen molar-refractivity contribution < 1.29 is 14.6 Å². The molecule has 0 aliphatic heterocycles. The first-order valence-corrected chi connectivity index (χ1v) is 6.93. The van der Waals surface area contributed by atoms with Crippen LogP contribution in [0.25, 0.3) is 0 Å². The molecule has 1 atom stereocenters. The van der Waals surface area contributed by atoms with Crippen molar-refractivity contribution in [2.24, 2.45) is 5.92 Å². The summed E-state index contributed by atoms with van der Waals surface area (Å²) in [5.74, 6) is -0.366. The first kappa shape index (κ1) is 15.0. The molecule has 110 valence electrons. The van der Waals surface area contributed by atoms with Gasteiger partial charge >= 0.3 is 5.97 Å². The summed E-state index contributed by atoms with van der Waals surface area (Å²) in [4.78, 5) is 15.5. The molecule has 4 heteroatoms. The number of aliphatic carboxylic acids is 1. The smallest absolute Gasteiger partial charge is 0.306 e. The largest absolute Gasteiger partial charge is 0.497 e. The van der Waals surface area contributed by atoms with Crippen molar-refractivity contribution in [3.63, 3.8) is 0 Å². The third-order valence-electron chi connectivity index (χ3n) is 3.49. The normalized spacial score (nSPS) is 11.9. The molecular weight excluding hydrogens is 266 g/mol. The molecule has 0 saturated heterocycles. The zero-order chi connectivity index (χ0) is 15.1. The number of hydrogen-bond acceptors (Lipinski definition) is 3. The Morgan fingerprint density at radius 1 is 1.24 bits per heavy atom. The fourth-order valence-electron chi connectivity index (χ4n) is 2.25. The van der Waals surface area contributed by atoms with Crippen molar-refractivity contribution in [3.8, 4) is 5.75 Å². The molecule has 1 unspecified atom stereocenters. The van der Waals surface area contributed by atoms with Crippen LogP contribution in [0.1, 0.15) is 17.5 Å². The van der Waals surface area contributed by atoms with Gasteiger partial charge in [-0.15, -0.1) is 0 Å². The lowest BCUT2D eigenvalue weighted by molar-refractivity contribution is -0.141. The molecule has 2 rings (SSSR count). The van der Waals surface area contributed by atoms with Crippen LogP contribution in [-0.2, 0) is 17.6 Å². The van der Waals surface area contributed by atoms with E-state index in [1.165, 1.54) is 0 Å². The Morgan fingerprint density at radius 2 is 2.00 bits per heavy atom.